The van der Waals surface area contributed by atoms with E-state index in [0.29, 0.717) is 13.0 Å². The van der Waals surface area contributed by atoms with Crippen molar-refractivity contribution in [3.05, 3.63) is 33.1 Å². The lowest BCUT2D eigenvalue weighted by Crippen LogP contribution is -2.04. The molecular formula is C10H8ClFN2O2. The molecule has 1 aromatic rings. The average Bonchev–Trinajstić information content (AvgIpc) is 2.23. The van der Waals surface area contributed by atoms with Crippen LogP contribution in [0.3, 0.4) is 0 Å². The molecule has 0 atom stereocenters. The summed E-state index contributed by atoms with van der Waals surface area (Å²) in [6.45, 7) is 0.332. The molecule has 0 aliphatic carbocycles. The molecule has 6 heteroatoms. The third-order valence-electron chi connectivity index (χ3n) is 1.82. The van der Waals surface area contributed by atoms with Crippen LogP contribution in [0.1, 0.15) is 6.42 Å². The molecule has 0 saturated carbocycles. The number of hydrogen-bond acceptors (Lipinski definition) is 3. The first-order chi connectivity index (χ1) is 7.56. The molecule has 0 saturated heterocycles. The molecule has 0 fully saturated rings. The van der Waals surface area contributed by atoms with Gasteiger partial charge < -0.3 is 5.32 Å². The van der Waals surface area contributed by atoms with E-state index in [0.717, 1.165) is 12.1 Å². The van der Waals surface area contributed by atoms with Crippen molar-refractivity contribution in [2.75, 3.05) is 11.9 Å². The van der Waals surface area contributed by atoms with Crippen molar-refractivity contribution in [2.45, 2.75) is 6.42 Å². The molecule has 0 aromatic heterocycles. The lowest BCUT2D eigenvalue weighted by atomic mass is 10.2. The number of hydrogen-bond donors (Lipinski definition) is 1. The summed E-state index contributed by atoms with van der Waals surface area (Å²) in [6.07, 6.45) is 5.42. The van der Waals surface area contributed by atoms with Gasteiger partial charge in [0.05, 0.1) is 9.95 Å². The number of nitrogens with one attached hydrogen (secondary N) is 1. The summed E-state index contributed by atoms with van der Waals surface area (Å²) in [5.74, 6) is 1.65. The Morgan fingerprint density at radius 3 is 2.88 bits per heavy atom. The van der Waals surface area contributed by atoms with Gasteiger partial charge in [0.15, 0.2) is 0 Å². The van der Waals surface area contributed by atoms with Gasteiger partial charge in [-0.15, -0.1) is 12.3 Å². The van der Waals surface area contributed by atoms with Crippen LogP contribution in [0.4, 0.5) is 15.8 Å². The molecule has 16 heavy (non-hydrogen) atoms. The minimum Gasteiger partial charge on any atom is -0.378 e. The maximum Gasteiger partial charge on any atom is 0.294 e. The summed E-state index contributed by atoms with van der Waals surface area (Å²) in [5, 5.41) is 13.1. The van der Waals surface area contributed by atoms with Crippen LogP contribution in [0, 0.1) is 28.3 Å². The lowest BCUT2D eigenvalue weighted by Gasteiger charge is -2.06. The predicted molar refractivity (Wildman–Crippen MR) is 60.0 cm³/mol. The molecule has 0 bridgehead atoms. The minimum absolute atomic E-state index is 0.0714. The van der Waals surface area contributed by atoms with Gasteiger partial charge in [-0.2, -0.15) is 0 Å². The maximum atomic E-state index is 13.1. The van der Waals surface area contributed by atoms with Crippen LogP contribution in [-0.2, 0) is 0 Å². The number of nitro groups is 1. The summed E-state index contributed by atoms with van der Waals surface area (Å²) in [5.41, 5.74) is -0.203. The fourth-order valence-corrected chi connectivity index (χ4v) is 1.26. The molecule has 0 amide bonds. The fourth-order valence-electron chi connectivity index (χ4n) is 1.10. The summed E-state index contributed by atoms with van der Waals surface area (Å²) in [6, 6.07) is 1.95. The summed E-state index contributed by atoms with van der Waals surface area (Å²) in [7, 11) is 0. The van der Waals surface area contributed by atoms with Crippen LogP contribution < -0.4 is 5.32 Å². The quantitative estimate of drug-likeness (QED) is 0.382. The Morgan fingerprint density at radius 2 is 2.31 bits per heavy atom. The van der Waals surface area contributed by atoms with E-state index in [9.17, 15) is 14.5 Å². The standard InChI is InChI=1S/C10H8ClFN2O2/c1-2-3-4-13-9-6-8(12)7(11)5-10(9)14(15)16/h1,5-6,13H,3-4H2. The van der Waals surface area contributed by atoms with Crippen LogP contribution in [-0.4, -0.2) is 11.5 Å². The van der Waals surface area contributed by atoms with Crippen molar-refractivity contribution < 1.29 is 9.31 Å². The van der Waals surface area contributed by atoms with E-state index in [-0.39, 0.29) is 16.4 Å². The van der Waals surface area contributed by atoms with Crippen molar-refractivity contribution in [3.8, 4) is 12.3 Å². The summed E-state index contributed by atoms with van der Waals surface area (Å²) >= 11 is 5.45. The molecule has 0 heterocycles. The van der Waals surface area contributed by atoms with Gasteiger partial charge in [-0.3, -0.25) is 10.1 Å². The number of benzene rings is 1. The van der Waals surface area contributed by atoms with Gasteiger partial charge in [-0.1, -0.05) is 11.6 Å². The van der Waals surface area contributed by atoms with Crippen LogP contribution in [0.25, 0.3) is 0 Å². The van der Waals surface area contributed by atoms with Gasteiger partial charge in [0.25, 0.3) is 5.69 Å². The zero-order valence-electron chi connectivity index (χ0n) is 8.17. The molecular weight excluding hydrogens is 235 g/mol. The van der Waals surface area contributed by atoms with E-state index in [1.807, 2.05) is 0 Å². The molecule has 1 N–H and O–H groups in total. The molecule has 0 unspecified atom stereocenters. The first kappa shape index (κ1) is 12.3. The molecule has 0 radical (unpaired) electrons. The van der Waals surface area contributed by atoms with Gasteiger partial charge in [-0.25, -0.2) is 4.39 Å². The Morgan fingerprint density at radius 1 is 1.62 bits per heavy atom. The smallest absolute Gasteiger partial charge is 0.294 e. The summed E-state index contributed by atoms with van der Waals surface area (Å²) in [4.78, 5) is 10.0. The Hall–Kier alpha value is -1.80. The number of halogens is 2. The van der Waals surface area contributed by atoms with Crippen LogP contribution in [0.2, 0.25) is 5.02 Å². The Bertz CT molecular complexity index is 457. The van der Waals surface area contributed by atoms with E-state index in [2.05, 4.69) is 11.2 Å². The fraction of sp³-hybridized carbons (Fsp3) is 0.200. The third-order valence-corrected chi connectivity index (χ3v) is 2.11. The van der Waals surface area contributed by atoms with E-state index >= 15 is 0 Å². The second-order valence-corrected chi connectivity index (χ2v) is 3.33. The first-order valence-electron chi connectivity index (χ1n) is 4.37. The largest absolute Gasteiger partial charge is 0.378 e. The van der Waals surface area contributed by atoms with E-state index in [4.69, 9.17) is 18.0 Å². The van der Waals surface area contributed by atoms with E-state index in [1.165, 1.54) is 0 Å². The monoisotopic (exact) mass is 242 g/mol. The van der Waals surface area contributed by atoms with Crippen molar-refractivity contribution >= 4 is 23.0 Å². The predicted octanol–water partition coefficient (Wildman–Crippen LogP) is 2.82. The Labute approximate surface area is 96.6 Å². The van der Waals surface area contributed by atoms with Crippen molar-refractivity contribution in [1.82, 2.24) is 0 Å². The molecule has 0 aliphatic heterocycles. The minimum atomic E-state index is -0.713. The number of nitrogens with zero attached hydrogens (tertiary/aromatic N) is 1. The molecule has 1 aromatic carbocycles. The number of terminal acetylenes is 1. The highest BCUT2D eigenvalue weighted by molar-refractivity contribution is 6.31. The van der Waals surface area contributed by atoms with Gasteiger partial charge in [0, 0.05) is 25.1 Å². The van der Waals surface area contributed by atoms with Gasteiger partial charge in [0.2, 0.25) is 0 Å². The molecule has 0 aliphatic rings. The SMILES string of the molecule is C#CCCNc1cc(F)c(Cl)cc1[N+](=O)[O-]. The van der Waals surface area contributed by atoms with E-state index < -0.39 is 10.7 Å². The lowest BCUT2D eigenvalue weighted by molar-refractivity contribution is -0.384. The number of rotatable bonds is 4. The molecule has 4 nitrogen and oxygen atoms in total. The topological polar surface area (TPSA) is 55.2 Å². The Kier molecular flexibility index (Phi) is 4.09. The number of nitro benzene ring substituents is 1. The van der Waals surface area contributed by atoms with Crippen LogP contribution in [0.15, 0.2) is 12.1 Å². The maximum absolute atomic E-state index is 13.1. The van der Waals surface area contributed by atoms with Crippen LogP contribution in [0.5, 0.6) is 0 Å². The highest BCUT2D eigenvalue weighted by Gasteiger charge is 2.17. The van der Waals surface area contributed by atoms with Crippen LogP contribution >= 0.6 is 11.6 Å². The van der Waals surface area contributed by atoms with Crippen molar-refractivity contribution in [1.29, 1.82) is 0 Å². The first-order valence-corrected chi connectivity index (χ1v) is 4.75. The second kappa shape index (κ2) is 5.33. The number of anilines is 1. The average molecular weight is 243 g/mol. The molecule has 84 valence electrons. The van der Waals surface area contributed by atoms with Gasteiger partial charge >= 0.3 is 0 Å². The second-order valence-electron chi connectivity index (χ2n) is 2.92. The molecule has 0 spiro atoms. The molecule has 1 rings (SSSR count). The zero-order chi connectivity index (χ0) is 12.1. The highest BCUT2D eigenvalue weighted by atomic mass is 35.5. The Balaban J connectivity index is 3.01. The van der Waals surface area contributed by atoms with Gasteiger partial charge in [0.1, 0.15) is 11.5 Å². The van der Waals surface area contributed by atoms with Crippen molar-refractivity contribution in [2.24, 2.45) is 0 Å². The highest BCUT2D eigenvalue weighted by Crippen LogP contribution is 2.30. The van der Waals surface area contributed by atoms with Gasteiger partial charge in [-0.05, 0) is 0 Å². The van der Waals surface area contributed by atoms with E-state index in [1.54, 1.807) is 0 Å². The van der Waals surface area contributed by atoms with Crippen molar-refractivity contribution in [3.63, 3.8) is 0 Å². The normalized spacial score (nSPS) is 9.56. The zero-order valence-corrected chi connectivity index (χ0v) is 8.92. The summed E-state index contributed by atoms with van der Waals surface area (Å²) < 4.78 is 13.1. The third kappa shape index (κ3) is 2.84.